The third-order valence-electron chi connectivity index (χ3n) is 14.1. The van der Waals surface area contributed by atoms with Crippen molar-refractivity contribution < 1.29 is 58.5 Å². The number of rotatable bonds is 8. The minimum absolute atomic E-state index is 0.0479. The molecule has 0 aromatic heterocycles. The van der Waals surface area contributed by atoms with Gasteiger partial charge in [-0.25, -0.2) is 4.79 Å². The Morgan fingerprint density at radius 2 is 1.44 bits per heavy atom. The lowest BCUT2D eigenvalue weighted by atomic mass is 9.76. The maximum atomic E-state index is 14.4. The van der Waals surface area contributed by atoms with Gasteiger partial charge in [-0.3, -0.25) is 9.59 Å². The molecule has 1 aliphatic carbocycles. The number of hydrogen-bond donors (Lipinski definition) is 4. The van der Waals surface area contributed by atoms with E-state index in [0.29, 0.717) is 38.5 Å². The summed E-state index contributed by atoms with van der Waals surface area (Å²) in [5, 5.41) is 46.1. The first-order valence-corrected chi connectivity index (χ1v) is 22.1. The molecular formula is C44H77NO12. The van der Waals surface area contributed by atoms with Crippen molar-refractivity contribution in [2.75, 3.05) is 27.9 Å². The highest BCUT2D eigenvalue weighted by Gasteiger charge is 2.56. The second kappa shape index (κ2) is 21.7. The normalized spacial score (nSPS) is 43.1. The van der Waals surface area contributed by atoms with Gasteiger partial charge in [-0.2, -0.15) is 0 Å². The molecular weight excluding hydrogens is 734 g/mol. The van der Waals surface area contributed by atoms with E-state index in [9.17, 15) is 34.8 Å². The SMILES string of the molecule is CCC[C@@H]1CC(C)C[C@H](C)C[C@H](OC)[C@H]2O[C@@](O)(C(=O)C(=O)N3CCCC[C@H]3C(=O)O[C@H](C(C)C[C@@H]3CC[C@@H](O)[C@H](OC)C3)[C@H](C)[C@@H](O)CC1O)[C@H](C)C[C@@H]2OC. The van der Waals surface area contributed by atoms with Crippen LogP contribution in [0, 0.1) is 41.4 Å². The Labute approximate surface area is 341 Å². The predicted molar refractivity (Wildman–Crippen MR) is 214 cm³/mol. The quantitative estimate of drug-likeness (QED) is 0.194. The Hall–Kier alpha value is -1.71. The van der Waals surface area contributed by atoms with Crippen LogP contribution in [0.15, 0.2) is 0 Å². The largest absolute Gasteiger partial charge is 0.460 e. The molecule has 4 rings (SSSR count). The lowest BCUT2D eigenvalue weighted by Crippen LogP contribution is -2.64. The first-order chi connectivity index (χ1) is 27.0. The molecule has 0 spiro atoms. The van der Waals surface area contributed by atoms with E-state index in [-0.39, 0.29) is 61.5 Å². The summed E-state index contributed by atoms with van der Waals surface area (Å²) >= 11 is 0. The number of carbonyl (C=O) groups excluding carboxylic acids is 3. The van der Waals surface area contributed by atoms with Gasteiger partial charge >= 0.3 is 5.97 Å². The number of esters is 1. The number of Topliss-reactive ketones (excluding diaryl/α,β-unsaturated/α-hetero) is 1. The summed E-state index contributed by atoms with van der Waals surface area (Å²) in [6.45, 7) is 12.0. The number of aliphatic hydroxyl groups is 4. The molecule has 3 aliphatic heterocycles. The van der Waals surface area contributed by atoms with E-state index in [1.165, 1.54) is 4.90 Å². The molecule has 57 heavy (non-hydrogen) atoms. The fourth-order valence-corrected chi connectivity index (χ4v) is 10.7. The molecule has 0 aromatic carbocycles. The monoisotopic (exact) mass is 812 g/mol. The van der Waals surface area contributed by atoms with Gasteiger partial charge in [0.1, 0.15) is 18.2 Å². The van der Waals surface area contributed by atoms with Crippen LogP contribution in [0.3, 0.4) is 0 Å². The van der Waals surface area contributed by atoms with Crippen LogP contribution in [0.4, 0.5) is 0 Å². The van der Waals surface area contributed by atoms with Gasteiger partial charge in [0.15, 0.2) is 0 Å². The Bertz CT molecular complexity index is 1290. The molecule has 2 bridgehead atoms. The molecule has 13 heteroatoms. The molecule has 330 valence electrons. The van der Waals surface area contributed by atoms with Crippen molar-refractivity contribution in [3.63, 3.8) is 0 Å². The molecule has 17 atom stereocenters. The molecule has 4 fully saturated rings. The lowest BCUT2D eigenvalue weighted by molar-refractivity contribution is -0.302. The summed E-state index contributed by atoms with van der Waals surface area (Å²) in [4.78, 5) is 44.1. The highest BCUT2D eigenvalue weighted by molar-refractivity contribution is 6.39. The maximum Gasteiger partial charge on any atom is 0.329 e. The summed E-state index contributed by atoms with van der Waals surface area (Å²) in [6, 6.07) is -1.08. The van der Waals surface area contributed by atoms with Crippen molar-refractivity contribution >= 4 is 17.7 Å². The number of amides is 1. The van der Waals surface area contributed by atoms with Gasteiger partial charge in [0.05, 0.1) is 36.6 Å². The van der Waals surface area contributed by atoms with Crippen molar-refractivity contribution in [1.29, 1.82) is 0 Å². The van der Waals surface area contributed by atoms with Gasteiger partial charge in [-0.1, -0.05) is 48.0 Å². The van der Waals surface area contributed by atoms with E-state index >= 15 is 0 Å². The lowest BCUT2D eigenvalue weighted by Gasteiger charge is -2.47. The van der Waals surface area contributed by atoms with Crippen molar-refractivity contribution in [2.24, 2.45) is 41.4 Å². The second-order valence-corrected chi connectivity index (χ2v) is 18.6. The van der Waals surface area contributed by atoms with Gasteiger partial charge in [0.25, 0.3) is 11.7 Å². The van der Waals surface area contributed by atoms with E-state index in [4.69, 9.17) is 23.7 Å². The summed E-state index contributed by atoms with van der Waals surface area (Å²) < 4.78 is 30.1. The topological polar surface area (TPSA) is 182 Å². The predicted octanol–water partition coefficient (Wildman–Crippen LogP) is 4.81. The zero-order valence-electron chi connectivity index (χ0n) is 36.3. The van der Waals surface area contributed by atoms with Gasteiger partial charge in [0.2, 0.25) is 5.79 Å². The van der Waals surface area contributed by atoms with Crippen molar-refractivity contribution in [3.8, 4) is 0 Å². The van der Waals surface area contributed by atoms with Gasteiger partial charge in [-0.05, 0) is 113 Å². The molecule has 0 aromatic rings. The van der Waals surface area contributed by atoms with Crippen LogP contribution in [0.5, 0.6) is 0 Å². The smallest absolute Gasteiger partial charge is 0.329 e. The average Bonchev–Trinajstić information content (AvgIpc) is 3.18. The maximum absolute atomic E-state index is 14.4. The zero-order valence-corrected chi connectivity index (χ0v) is 36.3. The van der Waals surface area contributed by atoms with Crippen LogP contribution < -0.4 is 0 Å². The first-order valence-electron chi connectivity index (χ1n) is 22.1. The number of aliphatic hydroxyl groups excluding tert-OH is 3. The number of fused-ring (bicyclic) bond motifs is 3. The van der Waals surface area contributed by atoms with E-state index in [0.717, 1.165) is 32.1 Å². The number of ether oxygens (including phenoxy) is 5. The summed E-state index contributed by atoms with van der Waals surface area (Å²) in [5.41, 5.74) is 0. The van der Waals surface area contributed by atoms with Gasteiger partial charge < -0.3 is 49.0 Å². The number of carbonyl (C=O) groups is 3. The molecule has 3 unspecified atom stereocenters. The third-order valence-corrected chi connectivity index (χ3v) is 14.1. The Kier molecular flexibility index (Phi) is 18.3. The molecule has 4 aliphatic rings. The number of hydrogen-bond acceptors (Lipinski definition) is 12. The summed E-state index contributed by atoms with van der Waals surface area (Å²) in [5.74, 6) is -6.36. The molecule has 3 heterocycles. The number of nitrogens with zero attached hydrogens (tertiary/aromatic N) is 1. The molecule has 0 radical (unpaired) electrons. The van der Waals surface area contributed by atoms with E-state index < -0.39 is 84.1 Å². The second-order valence-electron chi connectivity index (χ2n) is 18.6. The van der Waals surface area contributed by atoms with Gasteiger partial charge in [0, 0.05) is 39.7 Å². The van der Waals surface area contributed by atoms with Crippen LogP contribution in [-0.4, -0.2) is 132 Å². The molecule has 13 nitrogen and oxygen atoms in total. The number of methoxy groups -OCH3 is 3. The molecule has 1 saturated carbocycles. The fraction of sp³-hybridized carbons (Fsp3) is 0.932. The highest BCUT2D eigenvalue weighted by atomic mass is 16.7. The zero-order chi connectivity index (χ0) is 42.2. The van der Waals surface area contributed by atoms with Crippen LogP contribution in [0.25, 0.3) is 0 Å². The van der Waals surface area contributed by atoms with E-state index in [1.807, 2.05) is 13.8 Å². The summed E-state index contributed by atoms with van der Waals surface area (Å²) in [7, 11) is 4.72. The van der Waals surface area contributed by atoms with E-state index in [2.05, 4.69) is 20.8 Å². The Morgan fingerprint density at radius 1 is 0.789 bits per heavy atom. The van der Waals surface area contributed by atoms with Crippen LogP contribution in [0.1, 0.15) is 131 Å². The number of piperidine rings is 1. The Balaban J connectivity index is 1.72. The van der Waals surface area contributed by atoms with Gasteiger partial charge in [-0.15, -0.1) is 0 Å². The third kappa shape index (κ3) is 11.8. The highest BCUT2D eigenvalue weighted by Crippen LogP contribution is 2.40. The first kappa shape index (κ1) is 48.0. The molecule has 3 saturated heterocycles. The Morgan fingerprint density at radius 3 is 2.09 bits per heavy atom. The van der Waals surface area contributed by atoms with E-state index in [1.54, 1.807) is 28.3 Å². The van der Waals surface area contributed by atoms with Crippen molar-refractivity contribution in [2.45, 2.75) is 192 Å². The molecule has 1 amide bonds. The summed E-state index contributed by atoms with van der Waals surface area (Å²) in [6.07, 6.45) is 3.04. The minimum Gasteiger partial charge on any atom is -0.460 e. The van der Waals surface area contributed by atoms with Crippen LogP contribution in [-0.2, 0) is 38.1 Å². The van der Waals surface area contributed by atoms with Crippen molar-refractivity contribution in [3.05, 3.63) is 0 Å². The molecule has 4 N–H and O–H groups in total. The van der Waals surface area contributed by atoms with Crippen LogP contribution in [0.2, 0.25) is 0 Å². The average molecular weight is 812 g/mol. The number of cyclic esters (lactones) is 1. The minimum atomic E-state index is -2.47. The fourth-order valence-electron chi connectivity index (χ4n) is 10.7. The van der Waals surface area contributed by atoms with Crippen LogP contribution >= 0.6 is 0 Å². The van der Waals surface area contributed by atoms with Crippen molar-refractivity contribution in [1.82, 2.24) is 4.90 Å². The standard InChI is InChI=1S/C44H77NO12/c1-10-13-31-19-25(2)18-26(3)20-37(54-8)40-38(55-9)22-28(5)44(52,57-40)41(49)42(50)45-17-12-11-14-32(45)43(51)56-39(29(6)34(47)24-35(31)48)27(4)21-30-15-16-33(46)36(23-30)53-7/h25-40,46-48,52H,10-24H2,1-9H3/t25?,26-,27?,28+,29+,30-,31+,32-,33+,34-,35?,36+,37-,38-,39+,40+,44+/m0/s1. The number of ketones is 1.